The van der Waals surface area contributed by atoms with E-state index in [9.17, 15) is 9.90 Å². The molecule has 6 heteroatoms. The molecule has 4 aromatic rings. The van der Waals surface area contributed by atoms with Crippen LogP contribution in [-0.4, -0.2) is 29.8 Å². The molecule has 2 heterocycles. The number of anilines is 1. The van der Waals surface area contributed by atoms with E-state index in [4.69, 9.17) is 9.47 Å². The first-order valence-corrected chi connectivity index (χ1v) is 9.97. The van der Waals surface area contributed by atoms with Crippen LogP contribution >= 0.6 is 0 Å². The topological polar surface area (TPSA) is 63.9 Å². The number of methoxy groups -OCH3 is 2. The van der Waals surface area contributed by atoms with E-state index in [0.717, 1.165) is 22.2 Å². The number of aromatic nitrogens is 1. The number of aryl methyl sites for hydroxylation is 1. The van der Waals surface area contributed by atoms with Crippen LogP contribution in [0.1, 0.15) is 27.7 Å². The number of hydrogen-bond donors (Lipinski definition) is 1. The Kier molecular flexibility index (Phi) is 4.36. The molecular weight excluding hydrogens is 392 g/mol. The van der Waals surface area contributed by atoms with Gasteiger partial charge in [0.2, 0.25) is 0 Å². The van der Waals surface area contributed by atoms with Crippen LogP contribution in [0.2, 0.25) is 0 Å². The van der Waals surface area contributed by atoms with Gasteiger partial charge < -0.3 is 19.1 Å². The predicted octanol–water partition coefficient (Wildman–Crippen LogP) is 4.65. The Labute approximate surface area is 179 Å². The van der Waals surface area contributed by atoms with Crippen molar-refractivity contribution in [3.05, 3.63) is 83.6 Å². The lowest BCUT2D eigenvalue weighted by molar-refractivity contribution is 0.0986. The van der Waals surface area contributed by atoms with E-state index < -0.39 is 6.04 Å². The van der Waals surface area contributed by atoms with Crippen molar-refractivity contribution in [3.8, 4) is 17.2 Å². The van der Waals surface area contributed by atoms with Crippen molar-refractivity contribution in [1.29, 1.82) is 0 Å². The number of ether oxygens (including phenoxy) is 2. The Morgan fingerprint density at radius 3 is 2.29 bits per heavy atom. The van der Waals surface area contributed by atoms with Crippen LogP contribution < -0.4 is 14.4 Å². The number of aromatic hydroxyl groups is 1. The summed E-state index contributed by atoms with van der Waals surface area (Å²) in [5.41, 5.74) is 3.80. The first kappa shape index (κ1) is 19.1. The SMILES string of the molecule is COc1ccc(N2C(=O)c3c(c4ccccc4n3C)[C@@H]2c2cc(OC)ccc2O)cc1. The molecule has 31 heavy (non-hydrogen) atoms. The number of carbonyl (C=O) groups excluding carboxylic acids is 1. The summed E-state index contributed by atoms with van der Waals surface area (Å²) in [4.78, 5) is 15.5. The fourth-order valence-corrected chi connectivity index (χ4v) is 4.50. The van der Waals surface area contributed by atoms with Gasteiger partial charge in [-0.15, -0.1) is 0 Å². The molecule has 0 fully saturated rings. The fourth-order valence-electron chi connectivity index (χ4n) is 4.50. The number of phenolic OH excluding ortho intramolecular Hbond substituents is 1. The minimum absolute atomic E-state index is 0.109. The van der Waals surface area contributed by atoms with Crippen molar-refractivity contribution in [2.75, 3.05) is 19.1 Å². The van der Waals surface area contributed by atoms with Gasteiger partial charge in [0, 0.05) is 34.8 Å². The van der Waals surface area contributed by atoms with Crippen LogP contribution in [-0.2, 0) is 7.05 Å². The first-order valence-electron chi connectivity index (χ1n) is 9.97. The number of rotatable bonds is 4. The molecule has 6 nitrogen and oxygen atoms in total. The van der Waals surface area contributed by atoms with Crippen LogP contribution in [0.15, 0.2) is 66.7 Å². The number of benzene rings is 3. The zero-order valence-corrected chi connectivity index (χ0v) is 17.5. The Morgan fingerprint density at radius 2 is 1.58 bits per heavy atom. The fraction of sp³-hybridized carbons (Fsp3) is 0.160. The standard InChI is InChI=1S/C25H22N2O4/c1-26-20-7-5-4-6-18(20)22-23(19-14-17(31-3)12-13-21(19)28)27(25(29)24(22)26)15-8-10-16(30-2)11-9-15/h4-14,23,28H,1-3H3/t23-/m0/s1. The van der Waals surface area contributed by atoms with Crippen molar-refractivity contribution in [2.24, 2.45) is 7.05 Å². The largest absolute Gasteiger partial charge is 0.508 e. The molecule has 0 spiro atoms. The van der Waals surface area contributed by atoms with Gasteiger partial charge in [-0.2, -0.15) is 0 Å². The van der Waals surface area contributed by atoms with Gasteiger partial charge in [-0.25, -0.2) is 0 Å². The number of amides is 1. The minimum atomic E-state index is -0.503. The van der Waals surface area contributed by atoms with Crippen LogP contribution in [0.4, 0.5) is 5.69 Å². The third kappa shape index (κ3) is 2.75. The number of phenols is 1. The van der Waals surface area contributed by atoms with Gasteiger partial charge in [-0.05, 0) is 48.5 Å². The normalized spacial score (nSPS) is 15.4. The zero-order valence-electron chi connectivity index (χ0n) is 17.5. The lowest BCUT2D eigenvalue weighted by Crippen LogP contribution is -2.29. The second-order valence-electron chi connectivity index (χ2n) is 7.54. The van der Waals surface area contributed by atoms with Gasteiger partial charge in [0.15, 0.2) is 0 Å². The van der Waals surface area contributed by atoms with Crippen molar-refractivity contribution < 1.29 is 19.4 Å². The van der Waals surface area contributed by atoms with E-state index in [2.05, 4.69) is 0 Å². The Hall–Kier alpha value is -3.93. The third-order valence-corrected chi connectivity index (χ3v) is 5.98. The van der Waals surface area contributed by atoms with Gasteiger partial charge in [0.1, 0.15) is 22.9 Å². The van der Waals surface area contributed by atoms with Crippen molar-refractivity contribution in [1.82, 2.24) is 4.57 Å². The highest BCUT2D eigenvalue weighted by atomic mass is 16.5. The zero-order chi connectivity index (χ0) is 21.7. The number of hydrogen-bond acceptors (Lipinski definition) is 4. The van der Waals surface area contributed by atoms with E-state index in [1.54, 1.807) is 37.3 Å². The number of nitrogens with zero attached hydrogens (tertiary/aromatic N) is 2. The molecule has 1 aromatic heterocycles. The smallest absolute Gasteiger partial charge is 0.276 e. The molecule has 0 unspecified atom stereocenters. The highest BCUT2D eigenvalue weighted by Crippen LogP contribution is 2.48. The third-order valence-electron chi connectivity index (χ3n) is 5.98. The molecular formula is C25H22N2O4. The van der Waals surface area contributed by atoms with Crippen molar-refractivity contribution >= 4 is 22.5 Å². The van der Waals surface area contributed by atoms with Gasteiger partial charge in [0.05, 0.1) is 20.3 Å². The second kappa shape index (κ2) is 7.09. The monoisotopic (exact) mass is 414 g/mol. The maximum atomic E-state index is 13.8. The average molecular weight is 414 g/mol. The van der Waals surface area contributed by atoms with E-state index in [1.807, 2.05) is 60.1 Å². The van der Waals surface area contributed by atoms with Gasteiger partial charge in [0.25, 0.3) is 5.91 Å². The minimum Gasteiger partial charge on any atom is -0.508 e. The van der Waals surface area contributed by atoms with Crippen LogP contribution in [0.5, 0.6) is 17.2 Å². The van der Waals surface area contributed by atoms with Crippen LogP contribution in [0.25, 0.3) is 10.9 Å². The number of para-hydroxylation sites is 1. The highest BCUT2D eigenvalue weighted by molar-refractivity contribution is 6.15. The summed E-state index contributed by atoms with van der Waals surface area (Å²) >= 11 is 0. The van der Waals surface area contributed by atoms with Crippen molar-refractivity contribution in [3.63, 3.8) is 0 Å². The summed E-state index contributed by atoms with van der Waals surface area (Å²) in [7, 11) is 5.09. The molecule has 0 aliphatic carbocycles. The molecule has 1 amide bonds. The maximum Gasteiger partial charge on any atom is 0.276 e. The summed E-state index contributed by atoms with van der Waals surface area (Å²) in [6, 6.07) is 19.9. The lowest BCUT2D eigenvalue weighted by atomic mass is 9.96. The molecule has 0 saturated heterocycles. The molecule has 1 aliphatic heterocycles. The van der Waals surface area contributed by atoms with Crippen LogP contribution in [0, 0.1) is 0 Å². The first-order chi connectivity index (χ1) is 15.0. The maximum absolute atomic E-state index is 13.8. The Bertz CT molecular complexity index is 1310. The lowest BCUT2D eigenvalue weighted by Gasteiger charge is -2.27. The quantitative estimate of drug-likeness (QED) is 0.528. The van der Waals surface area contributed by atoms with E-state index in [0.29, 0.717) is 22.8 Å². The Balaban J connectivity index is 1.80. The Morgan fingerprint density at radius 1 is 0.903 bits per heavy atom. The summed E-state index contributed by atoms with van der Waals surface area (Å²) in [5, 5.41) is 11.8. The van der Waals surface area contributed by atoms with Gasteiger partial charge in [-0.1, -0.05) is 18.2 Å². The van der Waals surface area contributed by atoms with E-state index in [-0.39, 0.29) is 11.7 Å². The molecule has 0 radical (unpaired) electrons. The molecule has 1 aliphatic rings. The summed E-state index contributed by atoms with van der Waals surface area (Å²) in [5.74, 6) is 1.31. The van der Waals surface area contributed by atoms with Gasteiger partial charge >= 0.3 is 0 Å². The van der Waals surface area contributed by atoms with E-state index in [1.165, 1.54) is 0 Å². The van der Waals surface area contributed by atoms with E-state index >= 15 is 0 Å². The molecule has 0 bridgehead atoms. The number of carbonyl (C=O) groups is 1. The number of fused-ring (bicyclic) bond motifs is 3. The molecule has 3 aromatic carbocycles. The predicted molar refractivity (Wildman–Crippen MR) is 119 cm³/mol. The summed E-state index contributed by atoms with van der Waals surface area (Å²) in [6.07, 6.45) is 0. The summed E-state index contributed by atoms with van der Waals surface area (Å²) < 4.78 is 12.6. The summed E-state index contributed by atoms with van der Waals surface area (Å²) in [6.45, 7) is 0. The van der Waals surface area contributed by atoms with Crippen LogP contribution in [0.3, 0.4) is 0 Å². The molecule has 156 valence electrons. The second-order valence-corrected chi connectivity index (χ2v) is 7.54. The average Bonchev–Trinajstić information content (AvgIpc) is 3.27. The molecule has 0 saturated carbocycles. The molecule has 1 atom stereocenters. The molecule has 1 N–H and O–H groups in total. The van der Waals surface area contributed by atoms with Gasteiger partial charge in [-0.3, -0.25) is 9.69 Å². The molecule has 5 rings (SSSR count). The van der Waals surface area contributed by atoms with Crippen molar-refractivity contribution in [2.45, 2.75) is 6.04 Å². The highest BCUT2D eigenvalue weighted by Gasteiger charge is 2.44.